The molecule has 1 aromatic carbocycles. The summed E-state index contributed by atoms with van der Waals surface area (Å²) in [6.45, 7) is 0.495. The lowest BCUT2D eigenvalue weighted by Gasteiger charge is -2.26. The van der Waals surface area contributed by atoms with Gasteiger partial charge >= 0.3 is 0 Å². The van der Waals surface area contributed by atoms with Gasteiger partial charge in [0.25, 0.3) is 0 Å². The molecule has 1 saturated carbocycles. The number of nitrogens with zero attached hydrogens (tertiary/aromatic N) is 1. The minimum Gasteiger partial charge on any atom is -0.341 e. The van der Waals surface area contributed by atoms with Gasteiger partial charge in [-0.3, -0.25) is 4.79 Å². The van der Waals surface area contributed by atoms with Crippen LogP contribution in [0.25, 0.3) is 0 Å². The summed E-state index contributed by atoms with van der Waals surface area (Å²) in [5.74, 6) is -0.196. The Kier molecular flexibility index (Phi) is 4.20. The molecular formula is C15H21FN2O. The average Bonchev–Trinajstić information content (AvgIpc) is 2.78. The molecule has 0 aliphatic heterocycles. The Morgan fingerprint density at radius 2 is 1.89 bits per heavy atom. The van der Waals surface area contributed by atoms with Gasteiger partial charge in [0.05, 0.1) is 0 Å². The zero-order chi connectivity index (χ0) is 13.9. The summed E-state index contributed by atoms with van der Waals surface area (Å²) < 4.78 is 12.8. The standard InChI is InChI=1S/C15H21FN2O/c1-18(11-12-4-6-13(16)7-5-12)14(19)10-15(17)8-2-3-9-15/h4-7H,2-3,8-11,17H2,1H3. The van der Waals surface area contributed by atoms with Gasteiger partial charge in [0.2, 0.25) is 5.91 Å². The number of benzene rings is 1. The number of halogens is 1. The van der Waals surface area contributed by atoms with E-state index in [4.69, 9.17) is 5.73 Å². The maximum atomic E-state index is 12.8. The predicted molar refractivity (Wildman–Crippen MR) is 72.9 cm³/mol. The summed E-state index contributed by atoms with van der Waals surface area (Å²) in [5, 5.41) is 0. The summed E-state index contributed by atoms with van der Waals surface area (Å²) in [7, 11) is 1.77. The van der Waals surface area contributed by atoms with Crippen molar-refractivity contribution in [2.24, 2.45) is 5.73 Å². The molecule has 0 unspecified atom stereocenters. The van der Waals surface area contributed by atoms with Crippen molar-refractivity contribution < 1.29 is 9.18 Å². The van der Waals surface area contributed by atoms with Crippen molar-refractivity contribution in [3.8, 4) is 0 Å². The second-order valence-corrected chi connectivity index (χ2v) is 5.62. The van der Waals surface area contributed by atoms with Crippen LogP contribution >= 0.6 is 0 Å². The van der Waals surface area contributed by atoms with E-state index < -0.39 is 0 Å². The van der Waals surface area contributed by atoms with E-state index in [9.17, 15) is 9.18 Å². The van der Waals surface area contributed by atoms with Crippen LogP contribution < -0.4 is 5.73 Å². The molecule has 0 radical (unpaired) electrons. The fourth-order valence-corrected chi connectivity index (χ4v) is 2.64. The van der Waals surface area contributed by atoms with Gasteiger partial charge in [-0.1, -0.05) is 25.0 Å². The molecule has 0 spiro atoms. The topological polar surface area (TPSA) is 46.3 Å². The van der Waals surface area contributed by atoms with Gasteiger partial charge in [-0.15, -0.1) is 0 Å². The fourth-order valence-electron chi connectivity index (χ4n) is 2.64. The molecule has 104 valence electrons. The Labute approximate surface area is 113 Å². The van der Waals surface area contributed by atoms with Gasteiger partial charge in [0, 0.05) is 25.6 Å². The minimum atomic E-state index is -0.311. The Morgan fingerprint density at radius 3 is 2.47 bits per heavy atom. The van der Waals surface area contributed by atoms with Crippen molar-refractivity contribution in [2.75, 3.05) is 7.05 Å². The normalized spacial score (nSPS) is 17.4. The summed E-state index contributed by atoms with van der Waals surface area (Å²) >= 11 is 0. The van der Waals surface area contributed by atoms with E-state index in [1.54, 1.807) is 24.1 Å². The Balaban J connectivity index is 1.90. The largest absolute Gasteiger partial charge is 0.341 e. The molecule has 19 heavy (non-hydrogen) atoms. The lowest BCUT2D eigenvalue weighted by molar-refractivity contribution is -0.131. The van der Waals surface area contributed by atoms with Gasteiger partial charge in [0.15, 0.2) is 0 Å². The number of carbonyl (C=O) groups is 1. The molecule has 0 bridgehead atoms. The van der Waals surface area contributed by atoms with Crippen LogP contribution in [0.1, 0.15) is 37.7 Å². The number of carbonyl (C=O) groups excluding carboxylic acids is 1. The number of nitrogens with two attached hydrogens (primary N) is 1. The van der Waals surface area contributed by atoms with Crippen LogP contribution in [0.3, 0.4) is 0 Å². The Hall–Kier alpha value is -1.42. The van der Waals surface area contributed by atoms with Crippen molar-refractivity contribution in [1.29, 1.82) is 0 Å². The molecule has 0 heterocycles. The second kappa shape index (κ2) is 5.70. The smallest absolute Gasteiger partial charge is 0.224 e. The molecular weight excluding hydrogens is 243 g/mol. The fraction of sp³-hybridized carbons (Fsp3) is 0.533. The third kappa shape index (κ3) is 3.77. The number of amides is 1. The molecule has 1 aromatic rings. The molecule has 0 saturated heterocycles. The zero-order valence-corrected chi connectivity index (χ0v) is 11.4. The summed E-state index contributed by atoms with van der Waals surface area (Å²) in [4.78, 5) is 13.8. The second-order valence-electron chi connectivity index (χ2n) is 5.62. The molecule has 1 aliphatic rings. The molecule has 1 fully saturated rings. The highest BCUT2D eigenvalue weighted by Crippen LogP contribution is 2.30. The average molecular weight is 264 g/mol. The van der Waals surface area contributed by atoms with Crippen LogP contribution in [-0.4, -0.2) is 23.4 Å². The lowest BCUT2D eigenvalue weighted by atomic mass is 9.94. The number of hydrogen-bond acceptors (Lipinski definition) is 2. The highest BCUT2D eigenvalue weighted by molar-refractivity contribution is 5.77. The maximum Gasteiger partial charge on any atom is 0.224 e. The Bertz CT molecular complexity index is 438. The van der Waals surface area contributed by atoms with Crippen LogP contribution in [0, 0.1) is 5.82 Å². The number of hydrogen-bond donors (Lipinski definition) is 1. The van der Waals surface area contributed by atoms with Crippen LogP contribution in [0.4, 0.5) is 4.39 Å². The highest BCUT2D eigenvalue weighted by atomic mass is 19.1. The molecule has 1 amide bonds. The summed E-state index contributed by atoms with van der Waals surface area (Å²) in [6, 6.07) is 6.23. The monoisotopic (exact) mass is 264 g/mol. The number of rotatable bonds is 4. The van der Waals surface area contributed by atoms with E-state index in [0.717, 1.165) is 31.2 Å². The van der Waals surface area contributed by atoms with E-state index in [2.05, 4.69) is 0 Å². The van der Waals surface area contributed by atoms with E-state index in [0.29, 0.717) is 13.0 Å². The minimum absolute atomic E-state index is 0.0636. The molecule has 1 aliphatic carbocycles. The van der Waals surface area contributed by atoms with Crippen molar-refractivity contribution in [1.82, 2.24) is 4.90 Å². The highest BCUT2D eigenvalue weighted by Gasteiger charge is 2.32. The van der Waals surface area contributed by atoms with Crippen molar-refractivity contribution in [3.63, 3.8) is 0 Å². The van der Waals surface area contributed by atoms with Gasteiger partial charge < -0.3 is 10.6 Å². The zero-order valence-electron chi connectivity index (χ0n) is 11.4. The first-order valence-electron chi connectivity index (χ1n) is 6.76. The summed E-state index contributed by atoms with van der Waals surface area (Å²) in [6.07, 6.45) is 4.51. The molecule has 2 rings (SSSR count). The SMILES string of the molecule is CN(Cc1ccc(F)cc1)C(=O)CC1(N)CCCC1. The van der Waals surface area contributed by atoms with E-state index in [-0.39, 0.29) is 17.3 Å². The third-order valence-electron chi connectivity index (χ3n) is 3.86. The maximum absolute atomic E-state index is 12.8. The van der Waals surface area contributed by atoms with Crippen LogP contribution in [0.15, 0.2) is 24.3 Å². The molecule has 3 nitrogen and oxygen atoms in total. The van der Waals surface area contributed by atoms with Crippen molar-refractivity contribution >= 4 is 5.91 Å². The van der Waals surface area contributed by atoms with Crippen LogP contribution in [0.5, 0.6) is 0 Å². The Morgan fingerprint density at radius 1 is 1.32 bits per heavy atom. The molecule has 4 heteroatoms. The third-order valence-corrected chi connectivity index (χ3v) is 3.86. The lowest BCUT2D eigenvalue weighted by Crippen LogP contribution is -2.42. The van der Waals surface area contributed by atoms with Crippen molar-refractivity contribution in [2.45, 2.75) is 44.2 Å². The molecule has 2 N–H and O–H groups in total. The summed E-state index contributed by atoms with van der Waals surface area (Å²) in [5.41, 5.74) is 6.83. The van der Waals surface area contributed by atoms with E-state index in [1.807, 2.05) is 0 Å². The predicted octanol–water partition coefficient (Wildman–Crippen LogP) is 2.45. The first-order valence-corrected chi connectivity index (χ1v) is 6.76. The first-order chi connectivity index (χ1) is 8.98. The van der Waals surface area contributed by atoms with Crippen LogP contribution in [0.2, 0.25) is 0 Å². The van der Waals surface area contributed by atoms with Gasteiger partial charge in [0.1, 0.15) is 5.82 Å². The van der Waals surface area contributed by atoms with Gasteiger partial charge in [-0.25, -0.2) is 4.39 Å². The van der Waals surface area contributed by atoms with E-state index in [1.165, 1.54) is 12.1 Å². The first kappa shape index (κ1) is 14.0. The van der Waals surface area contributed by atoms with Gasteiger partial charge in [-0.2, -0.15) is 0 Å². The molecule has 0 atom stereocenters. The quantitative estimate of drug-likeness (QED) is 0.908. The molecule has 0 aromatic heterocycles. The van der Waals surface area contributed by atoms with Gasteiger partial charge in [-0.05, 0) is 30.5 Å². The van der Waals surface area contributed by atoms with E-state index >= 15 is 0 Å². The van der Waals surface area contributed by atoms with Crippen LogP contribution in [-0.2, 0) is 11.3 Å². The van der Waals surface area contributed by atoms with Crippen molar-refractivity contribution in [3.05, 3.63) is 35.6 Å².